The topological polar surface area (TPSA) is 73.4 Å². The molecular formula is C14H24N4O2. The molecule has 0 aromatic carbocycles. The van der Waals surface area contributed by atoms with E-state index in [-0.39, 0.29) is 18.1 Å². The molecule has 112 valence electrons. The van der Waals surface area contributed by atoms with Crippen molar-refractivity contribution in [3.63, 3.8) is 0 Å². The molecule has 20 heavy (non-hydrogen) atoms. The highest BCUT2D eigenvalue weighted by Crippen LogP contribution is 2.21. The fourth-order valence-electron chi connectivity index (χ4n) is 2.69. The molecule has 1 aromatic heterocycles. The van der Waals surface area contributed by atoms with Crippen molar-refractivity contribution in [1.29, 1.82) is 0 Å². The van der Waals surface area contributed by atoms with Crippen LogP contribution in [0.15, 0.2) is 6.20 Å². The Labute approximate surface area is 119 Å². The lowest BCUT2D eigenvalue weighted by atomic mass is 10.1. The smallest absolute Gasteiger partial charge is 0.257 e. The number of nitrogens with zero attached hydrogens (tertiary/aromatic N) is 3. The van der Waals surface area contributed by atoms with E-state index >= 15 is 0 Å². The number of aryl methyl sites for hydroxylation is 1. The van der Waals surface area contributed by atoms with E-state index < -0.39 is 0 Å². The van der Waals surface area contributed by atoms with Crippen molar-refractivity contribution in [1.82, 2.24) is 14.7 Å². The molecule has 2 rings (SSSR count). The minimum absolute atomic E-state index is 0.0175. The first-order valence-corrected chi connectivity index (χ1v) is 7.17. The van der Waals surface area contributed by atoms with Crippen molar-refractivity contribution in [3.05, 3.63) is 17.5 Å². The predicted molar refractivity (Wildman–Crippen MR) is 76.5 cm³/mol. The molecule has 2 heterocycles. The maximum Gasteiger partial charge on any atom is 0.257 e. The summed E-state index contributed by atoms with van der Waals surface area (Å²) in [4.78, 5) is 14.4. The molecule has 0 saturated carbocycles. The Kier molecular flexibility index (Phi) is 4.77. The predicted octanol–water partition coefficient (Wildman–Crippen LogP) is 0.790. The van der Waals surface area contributed by atoms with Crippen LogP contribution in [0, 0.1) is 6.92 Å². The number of hydrogen-bond donors (Lipinski definition) is 1. The highest BCUT2D eigenvalue weighted by atomic mass is 16.5. The number of ether oxygens (including phenoxy) is 1. The molecule has 1 aliphatic rings. The van der Waals surface area contributed by atoms with Crippen molar-refractivity contribution in [2.45, 2.75) is 45.4 Å². The molecule has 0 aliphatic carbocycles. The first-order chi connectivity index (χ1) is 9.56. The average Bonchev–Trinajstić information content (AvgIpc) is 3.01. The van der Waals surface area contributed by atoms with Crippen LogP contribution >= 0.6 is 0 Å². The van der Waals surface area contributed by atoms with Crippen LogP contribution in [0.4, 0.5) is 0 Å². The van der Waals surface area contributed by atoms with Gasteiger partial charge in [0.25, 0.3) is 5.91 Å². The fourth-order valence-corrected chi connectivity index (χ4v) is 2.69. The molecule has 0 spiro atoms. The Bertz CT molecular complexity index is 472. The van der Waals surface area contributed by atoms with Crippen molar-refractivity contribution in [3.8, 4) is 0 Å². The monoisotopic (exact) mass is 280 g/mol. The van der Waals surface area contributed by atoms with E-state index in [2.05, 4.69) is 5.10 Å². The van der Waals surface area contributed by atoms with Crippen LogP contribution in [-0.2, 0) is 11.3 Å². The summed E-state index contributed by atoms with van der Waals surface area (Å²) in [5.74, 6) is 0.0175. The molecule has 6 heteroatoms. The number of nitrogens with two attached hydrogens (primary N) is 1. The van der Waals surface area contributed by atoms with Gasteiger partial charge in [-0.15, -0.1) is 0 Å². The van der Waals surface area contributed by atoms with E-state index in [4.69, 9.17) is 10.5 Å². The van der Waals surface area contributed by atoms with Crippen LogP contribution in [0.2, 0.25) is 0 Å². The van der Waals surface area contributed by atoms with Gasteiger partial charge in [0.15, 0.2) is 0 Å². The molecule has 0 radical (unpaired) electrons. The lowest BCUT2D eigenvalue weighted by Gasteiger charge is -2.26. The zero-order valence-corrected chi connectivity index (χ0v) is 12.5. The Morgan fingerprint density at radius 2 is 2.40 bits per heavy atom. The lowest BCUT2D eigenvalue weighted by molar-refractivity contribution is 0.0574. The number of amides is 1. The number of aromatic nitrogens is 2. The van der Waals surface area contributed by atoms with Crippen molar-refractivity contribution in [2.24, 2.45) is 5.73 Å². The van der Waals surface area contributed by atoms with Gasteiger partial charge in [0, 0.05) is 25.9 Å². The Morgan fingerprint density at radius 3 is 3.00 bits per heavy atom. The van der Waals surface area contributed by atoms with Gasteiger partial charge >= 0.3 is 0 Å². The molecule has 1 aliphatic heterocycles. The maximum absolute atomic E-state index is 12.6. The molecular weight excluding hydrogens is 256 g/mol. The minimum Gasteiger partial charge on any atom is -0.376 e. The van der Waals surface area contributed by atoms with Crippen LogP contribution in [0.3, 0.4) is 0 Å². The summed E-state index contributed by atoms with van der Waals surface area (Å²) in [5.41, 5.74) is 7.08. The van der Waals surface area contributed by atoms with Crippen LogP contribution in [0.1, 0.15) is 35.8 Å². The van der Waals surface area contributed by atoms with Gasteiger partial charge in [-0.3, -0.25) is 9.48 Å². The van der Waals surface area contributed by atoms with Crippen molar-refractivity contribution in [2.75, 3.05) is 20.2 Å². The molecule has 2 atom stereocenters. The van der Waals surface area contributed by atoms with Crippen molar-refractivity contribution >= 4 is 5.91 Å². The number of carbonyl (C=O) groups is 1. The van der Waals surface area contributed by atoms with Crippen LogP contribution in [0.5, 0.6) is 0 Å². The Morgan fingerprint density at radius 1 is 1.65 bits per heavy atom. The van der Waals surface area contributed by atoms with Gasteiger partial charge in [-0.25, -0.2) is 0 Å². The normalized spacial score (nSPS) is 22.2. The van der Waals surface area contributed by atoms with Gasteiger partial charge in [-0.05, 0) is 33.2 Å². The zero-order chi connectivity index (χ0) is 14.7. The summed E-state index contributed by atoms with van der Waals surface area (Å²) in [7, 11) is 1.84. The number of likely N-dealkylation sites (N-methyl/N-ethyl adjacent to an activating group) is 1. The second kappa shape index (κ2) is 6.37. The minimum atomic E-state index is 0.0175. The summed E-state index contributed by atoms with van der Waals surface area (Å²) in [5, 5.41) is 4.28. The van der Waals surface area contributed by atoms with Gasteiger partial charge in [0.2, 0.25) is 0 Å². The number of carbonyl (C=O) groups excluding carboxylic acids is 1. The van der Waals surface area contributed by atoms with Crippen LogP contribution < -0.4 is 5.73 Å². The second-order valence-electron chi connectivity index (χ2n) is 5.36. The summed E-state index contributed by atoms with van der Waals surface area (Å²) in [6.07, 6.45) is 3.51. The molecule has 1 amide bonds. The SMILES string of the molecule is Cc1c(C(=O)N(C)C2CCOC2C)cnn1CCCN. The van der Waals surface area contributed by atoms with Crippen molar-refractivity contribution < 1.29 is 9.53 Å². The number of hydrogen-bond acceptors (Lipinski definition) is 4. The number of rotatable bonds is 5. The standard InChI is InChI=1S/C14H24N4O2/c1-10-12(9-16-18(10)7-4-6-15)14(19)17(3)13-5-8-20-11(13)2/h9,11,13H,4-8,15H2,1-3H3. The fraction of sp³-hybridized carbons (Fsp3) is 0.714. The second-order valence-corrected chi connectivity index (χ2v) is 5.36. The highest BCUT2D eigenvalue weighted by Gasteiger charge is 2.32. The van der Waals surface area contributed by atoms with E-state index in [0.29, 0.717) is 12.1 Å². The summed E-state index contributed by atoms with van der Waals surface area (Å²) < 4.78 is 7.38. The van der Waals surface area contributed by atoms with Gasteiger partial charge in [0.1, 0.15) is 0 Å². The summed E-state index contributed by atoms with van der Waals surface area (Å²) in [6.45, 7) is 6.04. The third kappa shape index (κ3) is 2.86. The molecule has 6 nitrogen and oxygen atoms in total. The lowest BCUT2D eigenvalue weighted by Crippen LogP contribution is -2.41. The van der Waals surface area contributed by atoms with Gasteiger partial charge in [0.05, 0.1) is 23.9 Å². The highest BCUT2D eigenvalue weighted by molar-refractivity contribution is 5.95. The molecule has 0 bridgehead atoms. The average molecular weight is 280 g/mol. The molecule has 1 fully saturated rings. The maximum atomic E-state index is 12.6. The van der Waals surface area contributed by atoms with E-state index in [1.807, 2.05) is 25.6 Å². The Balaban J connectivity index is 2.10. The first-order valence-electron chi connectivity index (χ1n) is 7.17. The zero-order valence-electron chi connectivity index (χ0n) is 12.5. The molecule has 1 saturated heterocycles. The molecule has 1 aromatic rings. The molecule has 2 N–H and O–H groups in total. The van der Waals surface area contributed by atoms with E-state index in [0.717, 1.165) is 31.7 Å². The van der Waals surface area contributed by atoms with E-state index in [9.17, 15) is 4.79 Å². The largest absolute Gasteiger partial charge is 0.376 e. The molecule has 2 unspecified atom stereocenters. The van der Waals surface area contributed by atoms with E-state index in [1.165, 1.54) is 0 Å². The summed E-state index contributed by atoms with van der Waals surface area (Å²) >= 11 is 0. The van der Waals surface area contributed by atoms with E-state index in [1.54, 1.807) is 11.1 Å². The van der Waals surface area contributed by atoms with Crippen LogP contribution in [0.25, 0.3) is 0 Å². The third-order valence-corrected chi connectivity index (χ3v) is 4.06. The first kappa shape index (κ1) is 15.0. The van der Waals surface area contributed by atoms with Gasteiger partial charge in [-0.1, -0.05) is 0 Å². The summed E-state index contributed by atoms with van der Waals surface area (Å²) in [6, 6.07) is 0.147. The van der Waals surface area contributed by atoms with Crippen LogP contribution in [-0.4, -0.2) is 52.9 Å². The van der Waals surface area contributed by atoms with Gasteiger partial charge in [-0.2, -0.15) is 5.10 Å². The Hall–Kier alpha value is -1.40. The third-order valence-electron chi connectivity index (χ3n) is 4.06. The quantitative estimate of drug-likeness (QED) is 0.865. The van der Waals surface area contributed by atoms with Gasteiger partial charge < -0.3 is 15.4 Å².